The van der Waals surface area contributed by atoms with Gasteiger partial charge in [-0.1, -0.05) is 34.1 Å². The summed E-state index contributed by atoms with van der Waals surface area (Å²) in [5.74, 6) is 1.68. The smallest absolute Gasteiger partial charge is 0.00465 e. The molecule has 110 valence electrons. The van der Waals surface area contributed by atoms with Crippen molar-refractivity contribution in [1.82, 2.24) is 10.6 Å². The van der Waals surface area contributed by atoms with Crippen molar-refractivity contribution in [3.8, 4) is 0 Å². The molecule has 0 amide bonds. The van der Waals surface area contributed by atoms with E-state index in [0.717, 1.165) is 11.8 Å². The Morgan fingerprint density at radius 3 is 1.61 bits per heavy atom. The van der Waals surface area contributed by atoms with E-state index in [2.05, 4.69) is 38.3 Å². The van der Waals surface area contributed by atoms with Crippen LogP contribution in [0.25, 0.3) is 0 Å². The Morgan fingerprint density at radius 1 is 0.556 bits per heavy atom. The molecule has 18 heavy (non-hydrogen) atoms. The predicted octanol–water partition coefficient (Wildman–Crippen LogP) is 3.82. The average Bonchev–Trinajstić information content (AvgIpc) is 2.29. The van der Waals surface area contributed by atoms with E-state index in [4.69, 9.17) is 0 Å². The third-order valence-corrected chi connectivity index (χ3v) is 3.24. The summed E-state index contributed by atoms with van der Waals surface area (Å²) in [6.45, 7) is 13.9. The van der Waals surface area contributed by atoms with Crippen molar-refractivity contribution in [1.29, 1.82) is 0 Å². The SMILES string of the molecule is CC(C)CCCNCCCCCNCCC(C)C. The first-order valence-electron chi connectivity index (χ1n) is 8.04. The molecule has 0 aliphatic carbocycles. The average molecular weight is 256 g/mol. The molecule has 0 aromatic heterocycles. The van der Waals surface area contributed by atoms with Crippen molar-refractivity contribution in [3.05, 3.63) is 0 Å². The maximum absolute atomic E-state index is 3.54. The van der Waals surface area contributed by atoms with E-state index in [9.17, 15) is 0 Å². The lowest BCUT2D eigenvalue weighted by Crippen LogP contribution is -2.19. The van der Waals surface area contributed by atoms with Gasteiger partial charge in [0.1, 0.15) is 0 Å². The highest BCUT2D eigenvalue weighted by Gasteiger charge is 1.95. The summed E-state index contributed by atoms with van der Waals surface area (Å²) < 4.78 is 0. The molecule has 0 aromatic rings. The van der Waals surface area contributed by atoms with Crippen LogP contribution >= 0.6 is 0 Å². The molecular formula is C16H36N2. The summed E-state index contributed by atoms with van der Waals surface area (Å²) in [6, 6.07) is 0. The zero-order valence-electron chi connectivity index (χ0n) is 13.2. The van der Waals surface area contributed by atoms with Crippen LogP contribution in [0.1, 0.15) is 66.2 Å². The molecule has 0 saturated carbocycles. The van der Waals surface area contributed by atoms with Gasteiger partial charge in [-0.3, -0.25) is 0 Å². The first kappa shape index (κ1) is 17.9. The largest absolute Gasteiger partial charge is 0.317 e. The van der Waals surface area contributed by atoms with E-state index in [0.29, 0.717) is 0 Å². The highest BCUT2D eigenvalue weighted by molar-refractivity contribution is 4.54. The van der Waals surface area contributed by atoms with E-state index in [-0.39, 0.29) is 0 Å². The van der Waals surface area contributed by atoms with Gasteiger partial charge in [-0.05, 0) is 70.1 Å². The molecule has 0 aromatic carbocycles. The normalized spacial score (nSPS) is 11.7. The minimum Gasteiger partial charge on any atom is -0.317 e. The Hall–Kier alpha value is -0.0800. The van der Waals surface area contributed by atoms with Gasteiger partial charge in [0.2, 0.25) is 0 Å². The van der Waals surface area contributed by atoms with E-state index in [1.165, 1.54) is 64.7 Å². The second-order valence-electron chi connectivity index (χ2n) is 6.28. The van der Waals surface area contributed by atoms with Crippen molar-refractivity contribution in [3.63, 3.8) is 0 Å². The van der Waals surface area contributed by atoms with Crippen LogP contribution in [0.15, 0.2) is 0 Å². The molecule has 0 fully saturated rings. The molecule has 2 heteroatoms. The Bertz CT molecular complexity index is 137. The number of nitrogens with one attached hydrogen (secondary N) is 2. The van der Waals surface area contributed by atoms with E-state index >= 15 is 0 Å². The first-order valence-corrected chi connectivity index (χ1v) is 8.04. The molecule has 0 atom stereocenters. The Morgan fingerprint density at radius 2 is 1.06 bits per heavy atom. The number of rotatable bonds is 13. The standard InChI is InChI=1S/C16H36N2/c1-15(2)9-8-13-17-11-6-5-7-12-18-14-10-16(3)4/h15-18H,5-14H2,1-4H3. The summed E-state index contributed by atoms with van der Waals surface area (Å²) in [6.07, 6.45) is 7.99. The van der Waals surface area contributed by atoms with Gasteiger partial charge in [0.15, 0.2) is 0 Å². The molecule has 2 N–H and O–H groups in total. The van der Waals surface area contributed by atoms with Gasteiger partial charge in [0.05, 0.1) is 0 Å². The summed E-state index contributed by atoms with van der Waals surface area (Å²) >= 11 is 0. The lowest BCUT2D eigenvalue weighted by atomic mass is 10.1. The van der Waals surface area contributed by atoms with E-state index in [1.54, 1.807) is 0 Å². The van der Waals surface area contributed by atoms with Gasteiger partial charge in [0, 0.05) is 0 Å². The van der Waals surface area contributed by atoms with Crippen molar-refractivity contribution in [2.75, 3.05) is 26.2 Å². The van der Waals surface area contributed by atoms with Crippen LogP contribution in [0.5, 0.6) is 0 Å². The molecule has 0 aliphatic heterocycles. The van der Waals surface area contributed by atoms with Gasteiger partial charge in [-0.2, -0.15) is 0 Å². The van der Waals surface area contributed by atoms with Crippen LogP contribution < -0.4 is 10.6 Å². The quantitative estimate of drug-likeness (QED) is 0.490. The molecule has 0 unspecified atom stereocenters. The zero-order valence-corrected chi connectivity index (χ0v) is 13.2. The summed E-state index contributed by atoms with van der Waals surface area (Å²) in [5, 5.41) is 7.06. The Kier molecular flexibility index (Phi) is 13.3. The Balaban J connectivity index is 2.95. The van der Waals surface area contributed by atoms with Gasteiger partial charge in [-0.15, -0.1) is 0 Å². The lowest BCUT2D eigenvalue weighted by Gasteiger charge is -2.08. The Labute approximate surface area is 115 Å². The number of unbranched alkanes of at least 4 members (excludes halogenated alkanes) is 2. The number of hydrogen-bond donors (Lipinski definition) is 2. The van der Waals surface area contributed by atoms with Gasteiger partial charge in [-0.25, -0.2) is 0 Å². The summed E-state index contributed by atoms with van der Waals surface area (Å²) in [7, 11) is 0. The van der Waals surface area contributed by atoms with Crippen LogP contribution in [-0.4, -0.2) is 26.2 Å². The molecule has 2 nitrogen and oxygen atoms in total. The predicted molar refractivity (Wildman–Crippen MR) is 83.1 cm³/mol. The van der Waals surface area contributed by atoms with E-state index in [1.807, 2.05) is 0 Å². The molecular weight excluding hydrogens is 220 g/mol. The zero-order chi connectivity index (χ0) is 13.6. The number of hydrogen-bond acceptors (Lipinski definition) is 2. The fraction of sp³-hybridized carbons (Fsp3) is 1.00. The van der Waals surface area contributed by atoms with Crippen LogP contribution in [0, 0.1) is 11.8 Å². The second-order valence-corrected chi connectivity index (χ2v) is 6.28. The maximum atomic E-state index is 3.54. The van der Waals surface area contributed by atoms with Crippen LogP contribution in [0.2, 0.25) is 0 Å². The van der Waals surface area contributed by atoms with Crippen molar-refractivity contribution < 1.29 is 0 Å². The van der Waals surface area contributed by atoms with Crippen molar-refractivity contribution in [2.45, 2.75) is 66.2 Å². The monoisotopic (exact) mass is 256 g/mol. The topological polar surface area (TPSA) is 24.1 Å². The maximum Gasteiger partial charge on any atom is -0.00465 e. The third kappa shape index (κ3) is 15.9. The van der Waals surface area contributed by atoms with Crippen LogP contribution in [0.4, 0.5) is 0 Å². The highest BCUT2D eigenvalue weighted by Crippen LogP contribution is 2.02. The highest BCUT2D eigenvalue weighted by atomic mass is 14.9. The minimum atomic E-state index is 0.826. The van der Waals surface area contributed by atoms with Crippen LogP contribution in [0.3, 0.4) is 0 Å². The fourth-order valence-corrected chi connectivity index (χ4v) is 1.95. The molecule has 0 spiro atoms. The van der Waals surface area contributed by atoms with Gasteiger partial charge >= 0.3 is 0 Å². The lowest BCUT2D eigenvalue weighted by molar-refractivity contribution is 0.506. The van der Waals surface area contributed by atoms with Gasteiger partial charge < -0.3 is 10.6 Å². The van der Waals surface area contributed by atoms with E-state index < -0.39 is 0 Å². The van der Waals surface area contributed by atoms with Crippen molar-refractivity contribution >= 4 is 0 Å². The summed E-state index contributed by atoms with van der Waals surface area (Å²) in [4.78, 5) is 0. The third-order valence-electron chi connectivity index (χ3n) is 3.24. The van der Waals surface area contributed by atoms with Gasteiger partial charge in [0.25, 0.3) is 0 Å². The molecule has 0 heterocycles. The second kappa shape index (κ2) is 13.4. The molecule has 0 radical (unpaired) electrons. The minimum absolute atomic E-state index is 0.826. The molecule has 0 bridgehead atoms. The molecule has 0 aliphatic rings. The van der Waals surface area contributed by atoms with Crippen molar-refractivity contribution in [2.24, 2.45) is 11.8 Å². The summed E-state index contributed by atoms with van der Waals surface area (Å²) in [5.41, 5.74) is 0. The van der Waals surface area contributed by atoms with Crippen LogP contribution in [-0.2, 0) is 0 Å². The molecule has 0 rings (SSSR count). The molecule has 0 saturated heterocycles. The first-order chi connectivity index (χ1) is 8.63. The fourth-order valence-electron chi connectivity index (χ4n) is 1.95.